The first-order chi connectivity index (χ1) is 15.9. The number of carboxylic acid groups (broad SMARTS) is 1. The molecule has 1 aromatic heterocycles. The number of nitrogens with zero attached hydrogens (tertiary/aromatic N) is 1. The number of benzene rings is 1. The molecule has 6 nitrogen and oxygen atoms in total. The monoisotopic (exact) mass is 452 g/mol. The van der Waals surface area contributed by atoms with E-state index < -0.39 is 5.97 Å². The van der Waals surface area contributed by atoms with Crippen LogP contribution < -0.4 is 5.32 Å². The molecular weight excluding hydrogens is 416 g/mol. The Morgan fingerprint density at radius 2 is 1.91 bits per heavy atom. The molecule has 1 aliphatic carbocycles. The van der Waals surface area contributed by atoms with Crippen molar-refractivity contribution in [3.05, 3.63) is 59.1 Å². The second-order valence-electron chi connectivity index (χ2n) is 8.97. The van der Waals surface area contributed by atoms with Crippen molar-refractivity contribution in [3.8, 4) is 0 Å². The maximum atomic E-state index is 12.6. The lowest BCUT2D eigenvalue weighted by atomic mass is 9.82. The SMILES string of the molecule is CC/C=C\c1oc(C(Nc2ccc(C(=O)N(C)CCC(=O)O)cc2)C2CCCCC2)cc1C. The summed E-state index contributed by atoms with van der Waals surface area (Å²) in [6.45, 7) is 4.38. The first-order valence-electron chi connectivity index (χ1n) is 12.0. The molecule has 6 heteroatoms. The predicted octanol–water partition coefficient (Wildman–Crippen LogP) is 6.29. The van der Waals surface area contributed by atoms with Gasteiger partial charge >= 0.3 is 5.97 Å². The van der Waals surface area contributed by atoms with Crippen LogP contribution in [0.15, 0.2) is 40.8 Å². The Balaban J connectivity index is 1.77. The van der Waals surface area contributed by atoms with Crippen molar-refractivity contribution in [2.75, 3.05) is 18.9 Å². The molecule has 1 fully saturated rings. The summed E-state index contributed by atoms with van der Waals surface area (Å²) >= 11 is 0. The number of carbonyl (C=O) groups is 2. The first-order valence-corrected chi connectivity index (χ1v) is 12.0. The van der Waals surface area contributed by atoms with Crippen LogP contribution in [0.1, 0.15) is 85.4 Å². The van der Waals surface area contributed by atoms with Gasteiger partial charge in [0.05, 0.1) is 12.5 Å². The Hall–Kier alpha value is -3.02. The van der Waals surface area contributed by atoms with Crippen molar-refractivity contribution in [1.29, 1.82) is 0 Å². The summed E-state index contributed by atoms with van der Waals surface area (Å²) in [6.07, 6.45) is 11.2. The molecule has 3 rings (SSSR count). The van der Waals surface area contributed by atoms with Crippen LogP contribution in [0.5, 0.6) is 0 Å². The highest BCUT2D eigenvalue weighted by atomic mass is 16.4. The van der Waals surface area contributed by atoms with Crippen molar-refractivity contribution in [3.63, 3.8) is 0 Å². The van der Waals surface area contributed by atoms with Gasteiger partial charge in [-0.1, -0.05) is 32.3 Å². The van der Waals surface area contributed by atoms with Crippen molar-refractivity contribution < 1.29 is 19.1 Å². The molecule has 0 aliphatic heterocycles. The highest BCUT2D eigenvalue weighted by molar-refractivity contribution is 5.94. The summed E-state index contributed by atoms with van der Waals surface area (Å²) in [7, 11) is 1.63. The van der Waals surface area contributed by atoms with Crippen molar-refractivity contribution >= 4 is 23.6 Å². The fraction of sp³-hybridized carbons (Fsp3) is 0.481. The lowest BCUT2D eigenvalue weighted by Crippen LogP contribution is -2.29. The Kier molecular flexibility index (Phi) is 8.75. The van der Waals surface area contributed by atoms with E-state index in [4.69, 9.17) is 9.52 Å². The molecular formula is C27H36N2O4. The summed E-state index contributed by atoms with van der Waals surface area (Å²) in [6, 6.07) is 9.65. The van der Waals surface area contributed by atoms with Crippen LogP contribution in [-0.2, 0) is 4.79 Å². The van der Waals surface area contributed by atoms with E-state index >= 15 is 0 Å². The third-order valence-corrected chi connectivity index (χ3v) is 6.37. The zero-order valence-electron chi connectivity index (χ0n) is 20.0. The smallest absolute Gasteiger partial charge is 0.305 e. The second kappa shape index (κ2) is 11.7. The Morgan fingerprint density at radius 1 is 1.21 bits per heavy atom. The minimum Gasteiger partial charge on any atom is -0.481 e. The Bertz CT molecular complexity index is 955. The number of anilines is 1. The molecule has 0 saturated heterocycles. The minimum absolute atomic E-state index is 0.0665. The third kappa shape index (κ3) is 6.73. The van der Waals surface area contributed by atoms with E-state index in [0.29, 0.717) is 11.5 Å². The second-order valence-corrected chi connectivity index (χ2v) is 8.97. The molecule has 2 N–H and O–H groups in total. The molecule has 178 valence electrons. The molecule has 1 saturated carbocycles. The maximum absolute atomic E-state index is 12.6. The number of hydrogen-bond donors (Lipinski definition) is 2. The van der Waals surface area contributed by atoms with Gasteiger partial charge in [-0.25, -0.2) is 0 Å². The average molecular weight is 453 g/mol. The Morgan fingerprint density at radius 3 is 2.55 bits per heavy atom. The Labute approximate surface area is 196 Å². The van der Waals surface area contributed by atoms with E-state index in [1.807, 2.05) is 12.1 Å². The molecule has 0 spiro atoms. The van der Waals surface area contributed by atoms with E-state index in [1.54, 1.807) is 19.2 Å². The number of rotatable bonds is 10. The number of allylic oxidation sites excluding steroid dienone is 1. The fourth-order valence-corrected chi connectivity index (χ4v) is 4.43. The van der Waals surface area contributed by atoms with Crippen LogP contribution in [0, 0.1) is 12.8 Å². The van der Waals surface area contributed by atoms with Crippen molar-refractivity contribution in [2.24, 2.45) is 5.92 Å². The highest BCUT2D eigenvalue weighted by Crippen LogP contribution is 2.38. The summed E-state index contributed by atoms with van der Waals surface area (Å²) in [4.78, 5) is 24.8. The van der Waals surface area contributed by atoms with Gasteiger partial charge in [-0.2, -0.15) is 0 Å². The molecule has 33 heavy (non-hydrogen) atoms. The number of nitrogens with one attached hydrogen (secondary N) is 1. The van der Waals surface area contributed by atoms with Gasteiger partial charge in [0.25, 0.3) is 5.91 Å². The lowest BCUT2D eigenvalue weighted by Gasteiger charge is -2.30. The zero-order valence-corrected chi connectivity index (χ0v) is 20.0. The van der Waals surface area contributed by atoms with Crippen LogP contribution in [0.3, 0.4) is 0 Å². The van der Waals surface area contributed by atoms with Gasteiger partial charge in [-0.15, -0.1) is 0 Å². The molecule has 1 aliphatic rings. The number of hydrogen-bond acceptors (Lipinski definition) is 4. The van der Waals surface area contributed by atoms with Crippen LogP contribution in [-0.4, -0.2) is 35.5 Å². The molecule has 1 unspecified atom stereocenters. The lowest BCUT2D eigenvalue weighted by molar-refractivity contribution is -0.137. The van der Waals surface area contributed by atoms with Crippen LogP contribution in [0.2, 0.25) is 0 Å². The normalized spacial score (nSPS) is 15.5. The number of aliphatic carboxylic acids is 1. The van der Waals surface area contributed by atoms with E-state index in [2.05, 4.69) is 37.4 Å². The van der Waals surface area contributed by atoms with E-state index in [-0.39, 0.29) is 24.9 Å². The van der Waals surface area contributed by atoms with Crippen LogP contribution >= 0.6 is 0 Å². The summed E-state index contributed by atoms with van der Waals surface area (Å²) in [5.74, 6) is 1.28. The molecule has 2 aromatic rings. The van der Waals surface area contributed by atoms with Gasteiger partial charge in [0.2, 0.25) is 0 Å². The minimum atomic E-state index is -0.913. The van der Waals surface area contributed by atoms with Gasteiger partial charge in [-0.05, 0) is 74.1 Å². The van der Waals surface area contributed by atoms with E-state index in [0.717, 1.165) is 29.2 Å². The largest absolute Gasteiger partial charge is 0.481 e. The molecule has 1 aromatic carbocycles. The number of amides is 1. The number of carbonyl (C=O) groups excluding carboxylic acids is 1. The number of carboxylic acids is 1. The van der Waals surface area contributed by atoms with Gasteiger partial charge in [0.1, 0.15) is 11.5 Å². The molecule has 1 atom stereocenters. The van der Waals surface area contributed by atoms with Gasteiger partial charge in [-0.3, -0.25) is 9.59 Å². The van der Waals surface area contributed by atoms with Gasteiger partial charge in [0, 0.05) is 24.8 Å². The number of furan rings is 1. The first kappa shape index (κ1) is 24.6. The number of aryl methyl sites for hydroxylation is 1. The van der Waals surface area contributed by atoms with Crippen LogP contribution in [0.4, 0.5) is 5.69 Å². The quantitative estimate of drug-likeness (QED) is 0.442. The van der Waals surface area contributed by atoms with Gasteiger partial charge in [0.15, 0.2) is 0 Å². The molecule has 0 radical (unpaired) electrons. The molecule has 0 bridgehead atoms. The standard InChI is InChI=1S/C27H36N2O4/c1-4-5-11-23-19(2)18-24(33-23)26(20-9-7-6-8-10-20)28-22-14-12-21(13-15-22)27(32)29(3)17-16-25(30)31/h5,11-15,18,20,26,28H,4,6-10,16-17H2,1-3H3,(H,30,31)/b11-5-. The third-order valence-electron chi connectivity index (χ3n) is 6.37. The summed E-state index contributed by atoms with van der Waals surface area (Å²) < 4.78 is 6.29. The zero-order chi connectivity index (χ0) is 23.8. The van der Waals surface area contributed by atoms with E-state index in [9.17, 15) is 9.59 Å². The fourth-order valence-electron chi connectivity index (χ4n) is 4.43. The topological polar surface area (TPSA) is 82.8 Å². The highest BCUT2D eigenvalue weighted by Gasteiger charge is 2.28. The molecule has 1 amide bonds. The average Bonchev–Trinajstić information content (AvgIpc) is 3.20. The van der Waals surface area contributed by atoms with Gasteiger partial charge < -0.3 is 19.7 Å². The van der Waals surface area contributed by atoms with E-state index in [1.165, 1.54) is 37.0 Å². The van der Waals surface area contributed by atoms with Crippen molar-refractivity contribution in [1.82, 2.24) is 4.90 Å². The molecule has 1 heterocycles. The maximum Gasteiger partial charge on any atom is 0.305 e. The predicted molar refractivity (Wildman–Crippen MR) is 131 cm³/mol. The summed E-state index contributed by atoms with van der Waals surface area (Å²) in [5.41, 5.74) is 2.63. The van der Waals surface area contributed by atoms with Crippen molar-refractivity contribution in [2.45, 2.75) is 64.8 Å². The van der Waals surface area contributed by atoms with Crippen LogP contribution in [0.25, 0.3) is 6.08 Å². The summed E-state index contributed by atoms with van der Waals surface area (Å²) in [5, 5.41) is 12.5.